The third kappa shape index (κ3) is 6.97. The number of hydrogen-bond acceptors (Lipinski definition) is 8. The maximum absolute atomic E-state index is 13.6. The largest absolute Gasteiger partial charge is 0.443 e. The van der Waals surface area contributed by atoms with Crippen molar-refractivity contribution in [2.45, 2.75) is 68.7 Å². The molecule has 1 aliphatic heterocycles. The number of likely N-dealkylation sites (N-methyl/N-ethyl adjacent to an activating group) is 1. The lowest BCUT2D eigenvalue weighted by molar-refractivity contribution is -0.135. The van der Waals surface area contributed by atoms with Crippen molar-refractivity contribution in [3.63, 3.8) is 0 Å². The summed E-state index contributed by atoms with van der Waals surface area (Å²) in [5, 5.41) is 8.67. The molecule has 3 unspecified atom stereocenters. The van der Waals surface area contributed by atoms with Crippen molar-refractivity contribution >= 4 is 44.8 Å². The van der Waals surface area contributed by atoms with E-state index in [0.717, 1.165) is 36.4 Å². The standard InChI is InChI=1S/C29H39N6O6S/c1-18(34-42(39,40)22-13-12-19-9-6-7-10-20(19)15-22)25(36)23-24(26(37)35(5)21-11-8-14-31-16-21)29(23,30)17-32-33-27(38)41-28(2,3)4/h6-7,9-10,12-13,15,17-18,21,23-24,30-31,34H,8,11,14,16H2,1-5H3,(H,33,38)/t18-,21?,23?,24+,29?/m0/s1. The number of amides is 2. The Hall–Kier alpha value is -3.39. The van der Waals surface area contributed by atoms with Gasteiger partial charge in [0.25, 0.3) is 0 Å². The fourth-order valence-electron chi connectivity index (χ4n) is 5.33. The fourth-order valence-corrected chi connectivity index (χ4v) is 6.58. The van der Waals surface area contributed by atoms with Crippen LogP contribution in [0.3, 0.4) is 0 Å². The maximum Gasteiger partial charge on any atom is 0.428 e. The summed E-state index contributed by atoms with van der Waals surface area (Å²) in [4.78, 5) is 40.8. The lowest BCUT2D eigenvalue weighted by atomic mass is 10.0. The molecule has 1 radical (unpaired) electrons. The van der Waals surface area contributed by atoms with Crippen molar-refractivity contribution < 1.29 is 27.5 Å². The van der Waals surface area contributed by atoms with Crippen molar-refractivity contribution in [2.24, 2.45) is 16.9 Å². The Morgan fingerprint density at radius 1 is 1.17 bits per heavy atom. The molecule has 13 heteroatoms. The van der Waals surface area contributed by atoms with Crippen LogP contribution in [0, 0.1) is 11.8 Å². The smallest absolute Gasteiger partial charge is 0.428 e. The predicted molar refractivity (Wildman–Crippen MR) is 158 cm³/mol. The van der Waals surface area contributed by atoms with Gasteiger partial charge in [-0.3, -0.25) is 9.59 Å². The lowest BCUT2D eigenvalue weighted by Crippen LogP contribution is -2.48. The van der Waals surface area contributed by atoms with Gasteiger partial charge in [0.1, 0.15) is 5.60 Å². The molecular weight excluding hydrogens is 560 g/mol. The Morgan fingerprint density at radius 3 is 2.50 bits per heavy atom. The number of carbonyl (C=O) groups excluding carboxylic acids is 3. The van der Waals surface area contributed by atoms with Crippen LogP contribution in [0.2, 0.25) is 0 Å². The minimum absolute atomic E-state index is 0.00550. The highest BCUT2D eigenvalue weighted by Crippen LogP contribution is 2.51. The second-order valence-electron chi connectivity index (χ2n) is 12.0. The zero-order valence-corrected chi connectivity index (χ0v) is 25.3. The Bertz CT molecular complexity index is 1480. The molecule has 1 heterocycles. The van der Waals surface area contributed by atoms with E-state index in [2.05, 4.69) is 20.6 Å². The zero-order chi connectivity index (χ0) is 30.9. The number of piperidine rings is 1. The van der Waals surface area contributed by atoms with E-state index >= 15 is 0 Å². The summed E-state index contributed by atoms with van der Waals surface area (Å²) < 4.78 is 34.0. The molecule has 1 saturated heterocycles. The second-order valence-corrected chi connectivity index (χ2v) is 13.7. The van der Waals surface area contributed by atoms with Gasteiger partial charge in [0.15, 0.2) is 5.78 Å². The average molecular weight is 600 g/mol. The number of fused-ring (bicyclic) bond motifs is 1. The van der Waals surface area contributed by atoms with Gasteiger partial charge in [-0.25, -0.2) is 29.1 Å². The highest BCUT2D eigenvalue weighted by molar-refractivity contribution is 7.89. The van der Waals surface area contributed by atoms with Gasteiger partial charge in [-0.1, -0.05) is 30.3 Å². The number of carbonyl (C=O) groups is 3. The molecule has 4 rings (SSSR count). The maximum atomic E-state index is 13.6. The van der Waals surface area contributed by atoms with Crippen LogP contribution in [0.25, 0.3) is 10.8 Å². The number of nitrogens with zero attached hydrogens (tertiary/aromatic N) is 2. The number of ketones is 1. The van der Waals surface area contributed by atoms with Crippen LogP contribution in [0.15, 0.2) is 52.5 Å². The third-order valence-corrected chi connectivity index (χ3v) is 9.15. The van der Waals surface area contributed by atoms with E-state index in [1.165, 1.54) is 19.1 Å². The van der Waals surface area contributed by atoms with Crippen molar-refractivity contribution in [2.75, 3.05) is 20.1 Å². The van der Waals surface area contributed by atoms with E-state index in [-0.39, 0.29) is 10.9 Å². The first-order chi connectivity index (χ1) is 19.6. The first-order valence-electron chi connectivity index (χ1n) is 13.9. The van der Waals surface area contributed by atoms with Gasteiger partial charge in [0, 0.05) is 25.8 Å². The van der Waals surface area contributed by atoms with Crippen molar-refractivity contribution in [1.82, 2.24) is 26.1 Å². The fraction of sp³-hybridized carbons (Fsp3) is 0.517. The van der Waals surface area contributed by atoms with Crippen molar-refractivity contribution in [1.29, 1.82) is 0 Å². The molecule has 1 aliphatic carbocycles. The highest BCUT2D eigenvalue weighted by atomic mass is 32.2. The summed E-state index contributed by atoms with van der Waals surface area (Å²) in [6.45, 7) is 7.89. The van der Waals surface area contributed by atoms with Gasteiger partial charge in [0.2, 0.25) is 15.9 Å². The monoisotopic (exact) mass is 599 g/mol. The summed E-state index contributed by atoms with van der Waals surface area (Å²) in [5.74, 6) is -3.31. The molecule has 5 atom stereocenters. The van der Waals surface area contributed by atoms with Crippen LogP contribution in [0.1, 0.15) is 40.5 Å². The molecule has 2 fully saturated rings. The summed E-state index contributed by atoms with van der Waals surface area (Å²) in [7, 11) is -2.46. The van der Waals surface area contributed by atoms with Crippen LogP contribution in [0.5, 0.6) is 0 Å². The molecule has 12 nitrogen and oxygen atoms in total. The van der Waals surface area contributed by atoms with Crippen molar-refractivity contribution in [3.05, 3.63) is 42.5 Å². The van der Waals surface area contributed by atoms with E-state index < -0.39 is 56.8 Å². The van der Waals surface area contributed by atoms with Gasteiger partial charge >= 0.3 is 6.09 Å². The van der Waals surface area contributed by atoms with Crippen LogP contribution >= 0.6 is 0 Å². The molecule has 2 aromatic carbocycles. The number of nitrogens with one attached hydrogen (secondary N) is 4. The number of rotatable bonds is 9. The average Bonchev–Trinajstić information content (AvgIpc) is 3.55. The van der Waals surface area contributed by atoms with Crippen LogP contribution < -0.4 is 21.2 Å². The first-order valence-corrected chi connectivity index (χ1v) is 15.4. The summed E-state index contributed by atoms with van der Waals surface area (Å²) in [5.41, 5.74) is 8.64. The van der Waals surface area contributed by atoms with E-state index in [4.69, 9.17) is 10.5 Å². The number of sulfonamides is 1. The van der Waals surface area contributed by atoms with Gasteiger partial charge in [-0.2, -0.15) is 5.10 Å². The molecule has 42 heavy (non-hydrogen) atoms. The Kier molecular flexibility index (Phi) is 9.07. The number of ether oxygens (including phenoxy) is 1. The van der Waals surface area contributed by atoms with E-state index in [0.29, 0.717) is 6.54 Å². The van der Waals surface area contributed by atoms with E-state index in [1.54, 1.807) is 50.9 Å². The number of benzene rings is 2. The van der Waals surface area contributed by atoms with Gasteiger partial charge < -0.3 is 15.0 Å². The molecular formula is C29H39N6O6S. The number of Topliss-reactive ketones (excluding diaryl/α,β-unsaturated/α-hetero) is 1. The van der Waals surface area contributed by atoms with Crippen molar-refractivity contribution in [3.8, 4) is 0 Å². The topological polar surface area (TPSA) is 170 Å². The molecule has 2 amide bonds. The molecule has 1 saturated carbocycles. The van der Waals surface area contributed by atoms with Crippen LogP contribution in [0.4, 0.5) is 4.79 Å². The third-order valence-electron chi connectivity index (χ3n) is 7.62. The molecule has 0 spiro atoms. The van der Waals surface area contributed by atoms with Gasteiger partial charge in [-0.15, -0.1) is 0 Å². The molecule has 2 aliphatic rings. The molecule has 0 aromatic heterocycles. The molecule has 2 aromatic rings. The molecule has 4 N–H and O–H groups in total. The van der Waals surface area contributed by atoms with Crippen LogP contribution in [-0.2, 0) is 24.3 Å². The predicted octanol–water partition coefficient (Wildman–Crippen LogP) is 2.06. The molecule has 227 valence electrons. The normalized spacial score (nSPS) is 25.1. The van der Waals surface area contributed by atoms with Gasteiger partial charge in [0.05, 0.1) is 28.3 Å². The zero-order valence-electron chi connectivity index (χ0n) is 24.5. The Morgan fingerprint density at radius 2 is 1.86 bits per heavy atom. The quantitative estimate of drug-likeness (QED) is 0.293. The molecule has 0 bridgehead atoms. The Balaban J connectivity index is 1.53. The summed E-state index contributed by atoms with van der Waals surface area (Å²) in [6.07, 6.45) is 1.87. The summed E-state index contributed by atoms with van der Waals surface area (Å²) in [6, 6.07) is 10.6. The minimum Gasteiger partial charge on any atom is -0.443 e. The summed E-state index contributed by atoms with van der Waals surface area (Å²) >= 11 is 0. The highest BCUT2D eigenvalue weighted by Gasteiger charge is 2.70. The second kappa shape index (κ2) is 12.1. The van der Waals surface area contributed by atoms with Gasteiger partial charge in [-0.05, 0) is 70.0 Å². The van der Waals surface area contributed by atoms with Crippen LogP contribution in [-0.4, -0.2) is 80.7 Å². The lowest BCUT2D eigenvalue weighted by Gasteiger charge is -2.32. The Labute approximate surface area is 246 Å². The van der Waals surface area contributed by atoms with E-state index in [9.17, 15) is 22.8 Å². The number of hydrogen-bond donors (Lipinski definition) is 3. The minimum atomic E-state index is -4.10. The van der Waals surface area contributed by atoms with E-state index in [1.807, 2.05) is 12.1 Å². The first kappa shape index (κ1) is 31.5. The number of hydrazone groups is 1. The SMILES string of the molecule is C[C@H](NS(=O)(=O)c1ccc2ccccc2c1)C(=O)C1[C@H](C(=O)N(C)C2CCCNC2)C1([NH])C=NNC(=O)OC(C)(C)C.